The predicted molar refractivity (Wildman–Crippen MR) is 83.8 cm³/mol. The van der Waals surface area contributed by atoms with Gasteiger partial charge in [-0.2, -0.15) is 0 Å². The number of hydrogen-bond acceptors (Lipinski definition) is 2. The van der Waals surface area contributed by atoms with Crippen LogP contribution in [0.5, 0.6) is 0 Å². The summed E-state index contributed by atoms with van der Waals surface area (Å²) in [5.74, 6) is -1.63. The monoisotopic (exact) mass is 327 g/mol. The normalized spacial score (nSPS) is 13.1. The molecule has 1 rings (SSSR count). The van der Waals surface area contributed by atoms with Crippen LogP contribution < -0.4 is 10.6 Å². The molecule has 128 valence electrons. The molecule has 0 bridgehead atoms. The summed E-state index contributed by atoms with van der Waals surface area (Å²) in [6.45, 7) is 3.46. The summed E-state index contributed by atoms with van der Waals surface area (Å²) >= 11 is 0. The van der Waals surface area contributed by atoms with Crippen molar-refractivity contribution >= 4 is 11.9 Å². The van der Waals surface area contributed by atoms with Gasteiger partial charge < -0.3 is 15.5 Å². The molecule has 2 N–H and O–H groups in total. The molecular formula is C16H23F2N3O2. The molecule has 0 aliphatic heterocycles. The van der Waals surface area contributed by atoms with Crippen molar-refractivity contribution in [1.82, 2.24) is 15.5 Å². The minimum absolute atomic E-state index is 0.218. The standard InChI is InChI=1S/C16H23F2N3O2/c1-5-6-14(12-8-7-11(17)9-13(12)18)20-16(23)19-10(2)15(22)21(3)4/h7-10,14H,5-6H2,1-4H3,(H2,19,20,23)/t10-,14-/m0/s1. The zero-order valence-corrected chi connectivity index (χ0v) is 13.8. The lowest BCUT2D eigenvalue weighted by molar-refractivity contribution is -0.130. The first-order valence-electron chi connectivity index (χ1n) is 7.49. The van der Waals surface area contributed by atoms with E-state index in [2.05, 4.69) is 10.6 Å². The van der Waals surface area contributed by atoms with Gasteiger partial charge in [0.05, 0.1) is 6.04 Å². The molecule has 2 atom stereocenters. The summed E-state index contributed by atoms with van der Waals surface area (Å²) in [6.07, 6.45) is 1.19. The summed E-state index contributed by atoms with van der Waals surface area (Å²) in [5, 5.41) is 5.15. The van der Waals surface area contributed by atoms with Crippen molar-refractivity contribution in [2.45, 2.75) is 38.8 Å². The summed E-state index contributed by atoms with van der Waals surface area (Å²) in [5.41, 5.74) is 0.218. The maximum Gasteiger partial charge on any atom is 0.315 e. The van der Waals surface area contributed by atoms with E-state index >= 15 is 0 Å². The van der Waals surface area contributed by atoms with E-state index in [4.69, 9.17) is 0 Å². The predicted octanol–water partition coefficient (Wildman–Crippen LogP) is 2.58. The highest BCUT2D eigenvalue weighted by Gasteiger charge is 2.21. The average Bonchev–Trinajstić information content (AvgIpc) is 2.45. The van der Waals surface area contributed by atoms with E-state index < -0.39 is 29.7 Å². The molecule has 0 spiro atoms. The fraction of sp³-hybridized carbons (Fsp3) is 0.500. The van der Waals surface area contributed by atoms with Crippen molar-refractivity contribution in [1.29, 1.82) is 0 Å². The number of urea groups is 1. The average molecular weight is 327 g/mol. The van der Waals surface area contributed by atoms with Crippen LogP contribution in [0, 0.1) is 11.6 Å². The van der Waals surface area contributed by atoms with E-state index in [0.717, 1.165) is 12.1 Å². The van der Waals surface area contributed by atoms with Crippen molar-refractivity contribution in [2.24, 2.45) is 0 Å². The van der Waals surface area contributed by atoms with E-state index in [1.807, 2.05) is 6.92 Å². The zero-order valence-electron chi connectivity index (χ0n) is 13.8. The number of nitrogens with one attached hydrogen (secondary N) is 2. The molecule has 5 nitrogen and oxygen atoms in total. The van der Waals surface area contributed by atoms with Gasteiger partial charge in [-0.25, -0.2) is 13.6 Å². The first kappa shape index (κ1) is 18.9. The Bertz CT molecular complexity index is 564. The SMILES string of the molecule is CCC[C@H](NC(=O)N[C@@H](C)C(=O)N(C)C)c1ccc(F)cc1F. The fourth-order valence-corrected chi connectivity index (χ4v) is 2.22. The fourth-order valence-electron chi connectivity index (χ4n) is 2.22. The molecule has 0 aliphatic rings. The lowest BCUT2D eigenvalue weighted by atomic mass is 10.0. The topological polar surface area (TPSA) is 61.4 Å². The Balaban J connectivity index is 2.79. The van der Waals surface area contributed by atoms with Crippen LogP contribution in [0.1, 0.15) is 38.3 Å². The van der Waals surface area contributed by atoms with Crippen molar-refractivity contribution in [3.63, 3.8) is 0 Å². The highest BCUT2D eigenvalue weighted by Crippen LogP contribution is 2.22. The Kier molecular flexibility index (Phi) is 6.93. The van der Waals surface area contributed by atoms with Crippen molar-refractivity contribution in [2.75, 3.05) is 14.1 Å². The number of nitrogens with zero attached hydrogens (tertiary/aromatic N) is 1. The third-order valence-electron chi connectivity index (χ3n) is 3.38. The van der Waals surface area contributed by atoms with Crippen LogP contribution in [0.25, 0.3) is 0 Å². The van der Waals surface area contributed by atoms with Crippen LogP contribution in [0.15, 0.2) is 18.2 Å². The lowest BCUT2D eigenvalue weighted by Gasteiger charge is -2.22. The number of carbonyl (C=O) groups is 2. The van der Waals surface area contributed by atoms with Gasteiger partial charge in [0.25, 0.3) is 0 Å². The first-order chi connectivity index (χ1) is 10.8. The summed E-state index contributed by atoms with van der Waals surface area (Å²) in [6, 6.07) is 1.39. The quantitative estimate of drug-likeness (QED) is 0.843. The Morgan fingerprint density at radius 2 is 1.87 bits per heavy atom. The van der Waals surface area contributed by atoms with Gasteiger partial charge in [0.15, 0.2) is 0 Å². The number of carbonyl (C=O) groups excluding carboxylic acids is 2. The second-order valence-corrected chi connectivity index (χ2v) is 5.58. The van der Waals surface area contributed by atoms with Crippen LogP contribution in [0.4, 0.5) is 13.6 Å². The maximum atomic E-state index is 13.9. The second kappa shape index (κ2) is 8.45. The molecule has 0 radical (unpaired) electrons. The Morgan fingerprint density at radius 3 is 2.39 bits per heavy atom. The zero-order chi connectivity index (χ0) is 17.6. The van der Waals surface area contributed by atoms with E-state index in [1.54, 1.807) is 21.0 Å². The summed E-state index contributed by atoms with van der Waals surface area (Å²) < 4.78 is 26.9. The van der Waals surface area contributed by atoms with Crippen LogP contribution >= 0.6 is 0 Å². The first-order valence-corrected chi connectivity index (χ1v) is 7.49. The second-order valence-electron chi connectivity index (χ2n) is 5.58. The third kappa shape index (κ3) is 5.50. The summed E-state index contributed by atoms with van der Waals surface area (Å²) in [7, 11) is 3.18. The largest absolute Gasteiger partial charge is 0.347 e. The molecule has 0 aliphatic carbocycles. The van der Waals surface area contributed by atoms with Gasteiger partial charge in [-0.15, -0.1) is 0 Å². The number of amides is 3. The summed E-state index contributed by atoms with van der Waals surface area (Å²) in [4.78, 5) is 25.1. The van der Waals surface area contributed by atoms with Crippen molar-refractivity contribution in [3.8, 4) is 0 Å². The number of benzene rings is 1. The molecular weight excluding hydrogens is 304 g/mol. The van der Waals surface area contributed by atoms with Crippen molar-refractivity contribution in [3.05, 3.63) is 35.4 Å². The molecule has 1 aromatic rings. The third-order valence-corrected chi connectivity index (χ3v) is 3.38. The number of halogens is 2. The minimum atomic E-state index is -0.707. The van der Waals surface area contributed by atoms with Crippen LogP contribution in [0.2, 0.25) is 0 Å². The Morgan fingerprint density at radius 1 is 1.22 bits per heavy atom. The number of likely N-dealkylation sites (N-methyl/N-ethyl adjacent to an activating group) is 1. The van der Waals surface area contributed by atoms with Crippen LogP contribution in [-0.2, 0) is 4.79 Å². The molecule has 0 saturated carbocycles. The van der Waals surface area contributed by atoms with E-state index in [1.165, 1.54) is 11.0 Å². The number of hydrogen-bond donors (Lipinski definition) is 2. The van der Waals surface area contributed by atoms with Gasteiger partial charge in [-0.1, -0.05) is 19.4 Å². The molecule has 0 unspecified atom stereocenters. The smallest absolute Gasteiger partial charge is 0.315 e. The van der Waals surface area contributed by atoms with Gasteiger partial charge >= 0.3 is 6.03 Å². The molecule has 0 fully saturated rings. The minimum Gasteiger partial charge on any atom is -0.347 e. The molecule has 0 heterocycles. The molecule has 7 heteroatoms. The van der Waals surface area contributed by atoms with E-state index in [-0.39, 0.29) is 11.5 Å². The lowest BCUT2D eigenvalue weighted by Crippen LogP contribution is -2.48. The van der Waals surface area contributed by atoms with Gasteiger partial charge in [0.2, 0.25) is 5.91 Å². The maximum absolute atomic E-state index is 13.9. The van der Waals surface area contributed by atoms with Crippen LogP contribution in [-0.4, -0.2) is 37.0 Å². The highest BCUT2D eigenvalue weighted by molar-refractivity contribution is 5.86. The number of rotatable bonds is 6. The van der Waals surface area contributed by atoms with Gasteiger partial charge in [-0.05, 0) is 19.4 Å². The molecule has 0 saturated heterocycles. The van der Waals surface area contributed by atoms with Gasteiger partial charge in [0, 0.05) is 25.7 Å². The molecule has 0 aromatic heterocycles. The van der Waals surface area contributed by atoms with E-state index in [0.29, 0.717) is 12.8 Å². The molecule has 23 heavy (non-hydrogen) atoms. The van der Waals surface area contributed by atoms with Crippen molar-refractivity contribution < 1.29 is 18.4 Å². The Hall–Kier alpha value is -2.18. The van der Waals surface area contributed by atoms with E-state index in [9.17, 15) is 18.4 Å². The highest BCUT2D eigenvalue weighted by atomic mass is 19.1. The Labute approximate surface area is 135 Å². The van der Waals surface area contributed by atoms with Gasteiger partial charge in [-0.3, -0.25) is 4.79 Å². The van der Waals surface area contributed by atoms with Gasteiger partial charge in [0.1, 0.15) is 17.7 Å². The van der Waals surface area contributed by atoms with Crippen LogP contribution in [0.3, 0.4) is 0 Å². The molecule has 1 aromatic carbocycles. The molecule has 3 amide bonds.